The molecule has 0 unspecified atom stereocenters. The first-order chi connectivity index (χ1) is 18.9. The molecule has 0 bridgehead atoms. The molecule has 0 aliphatic heterocycles. The van der Waals surface area contributed by atoms with E-state index in [2.05, 4.69) is 25.8 Å². The van der Waals surface area contributed by atoms with Crippen molar-refractivity contribution in [3.8, 4) is 0 Å². The van der Waals surface area contributed by atoms with Crippen LogP contribution in [0.4, 0.5) is 5.69 Å². The maximum Gasteiger partial charge on any atom is 0.237 e. The average Bonchev–Trinajstić information content (AvgIpc) is 3.56. The van der Waals surface area contributed by atoms with Crippen LogP contribution in [0, 0.1) is 6.92 Å². The summed E-state index contributed by atoms with van der Waals surface area (Å²) in [6.07, 6.45) is 0. The molecule has 0 aliphatic rings. The first-order valence-electron chi connectivity index (χ1n) is 12.1. The molecule has 0 saturated heterocycles. The number of hydrogen-bond donors (Lipinski definition) is 2. The van der Waals surface area contributed by atoms with Crippen LogP contribution in [0.3, 0.4) is 0 Å². The Bertz CT molecular complexity index is 1530. The third-order valence-electron chi connectivity index (χ3n) is 5.69. The predicted molar refractivity (Wildman–Crippen MR) is 162 cm³/mol. The van der Waals surface area contributed by atoms with Gasteiger partial charge in [0.25, 0.3) is 0 Å². The fourth-order valence-corrected chi connectivity index (χ4v) is 7.68. The molecule has 0 fully saturated rings. The Kier molecular flexibility index (Phi) is 8.92. The number of nitrogens with one attached hydrogen (secondary N) is 2. The topological polar surface area (TPSA) is 96.9 Å². The van der Waals surface area contributed by atoms with Crippen molar-refractivity contribution in [2.75, 3.05) is 11.1 Å². The van der Waals surface area contributed by atoms with Gasteiger partial charge < -0.3 is 10.6 Å². The Balaban J connectivity index is 1.20. The van der Waals surface area contributed by atoms with Gasteiger partial charge in [-0.05, 0) is 43.2 Å². The monoisotopic (exact) mass is 591 g/mol. The normalized spacial score (nSPS) is 12.0. The van der Waals surface area contributed by atoms with E-state index in [1.165, 1.54) is 46.2 Å². The Morgan fingerprint density at radius 2 is 1.59 bits per heavy atom. The summed E-state index contributed by atoms with van der Waals surface area (Å²) in [7, 11) is 0. The fourth-order valence-electron chi connectivity index (χ4n) is 3.80. The lowest BCUT2D eigenvalue weighted by Gasteiger charge is -2.19. The summed E-state index contributed by atoms with van der Waals surface area (Å²) in [6, 6.07) is 25.3. The minimum Gasteiger partial charge on any atom is -0.344 e. The van der Waals surface area contributed by atoms with Crippen molar-refractivity contribution < 1.29 is 9.59 Å². The molecule has 5 aromatic rings. The number of aromatic nitrogens is 3. The molecule has 1 atom stereocenters. The first kappa shape index (κ1) is 27.3. The Labute approximate surface area is 242 Å². The van der Waals surface area contributed by atoms with E-state index >= 15 is 0 Å². The van der Waals surface area contributed by atoms with Gasteiger partial charge in [-0.15, -0.1) is 21.5 Å². The third-order valence-corrected chi connectivity index (χ3v) is 9.87. The molecule has 7 nitrogen and oxygen atoms in total. The second-order valence-electron chi connectivity index (χ2n) is 8.61. The second-order valence-corrected chi connectivity index (χ2v) is 13.6. The van der Waals surface area contributed by atoms with Crippen LogP contribution in [0.15, 0.2) is 87.5 Å². The van der Waals surface area contributed by atoms with Crippen LogP contribution in [0.2, 0.25) is 0 Å². The molecule has 2 N–H and O–H groups in total. The van der Waals surface area contributed by atoms with Gasteiger partial charge in [0.2, 0.25) is 11.8 Å². The quantitative estimate of drug-likeness (QED) is 0.177. The summed E-state index contributed by atoms with van der Waals surface area (Å²) in [4.78, 5) is 30.3. The van der Waals surface area contributed by atoms with Gasteiger partial charge in [-0.25, -0.2) is 4.98 Å². The summed E-state index contributed by atoms with van der Waals surface area (Å²) < 4.78 is 2.52. The van der Waals surface area contributed by atoms with Gasteiger partial charge in [-0.2, -0.15) is 0 Å². The number of anilines is 1. The molecule has 0 radical (unpaired) electrons. The molecule has 3 aromatic carbocycles. The Hall–Kier alpha value is -3.25. The number of fused-ring (bicyclic) bond motifs is 1. The number of nitrogens with zero attached hydrogens (tertiary/aromatic N) is 3. The van der Waals surface area contributed by atoms with Gasteiger partial charge in [0, 0.05) is 5.69 Å². The van der Waals surface area contributed by atoms with E-state index in [4.69, 9.17) is 0 Å². The molecule has 2 heterocycles. The number of hydrogen-bond acceptors (Lipinski definition) is 9. The molecule has 11 heteroatoms. The van der Waals surface area contributed by atoms with Crippen LogP contribution < -0.4 is 10.6 Å². The van der Waals surface area contributed by atoms with Crippen molar-refractivity contribution in [3.05, 3.63) is 95.0 Å². The zero-order chi connectivity index (χ0) is 27.2. The lowest BCUT2D eigenvalue weighted by atomic mass is 9.99. The second kappa shape index (κ2) is 12.7. The Morgan fingerprint density at radius 3 is 2.23 bits per heavy atom. The maximum absolute atomic E-state index is 12.9. The standard InChI is InChI=1S/C28H25N5O2S4/c1-17(37-28-33-32-18(2)38-28)26(35)29-21-13-14-22-23(15-21)39-27(30-22)36-16-24(34)31-25(19-9-5-3-6-10-19)20-11-7-4-8-12-20/h3-15,17,25H,16H2,1-2H3,(H,29,35)(H,31,34)/t17-/m0/s1. The van der Waals surface area contributed by atoms with E-state index in [9.17, 15) is 9.59 Å². The van der Waals surface area contributed by atoms with Gasteiger partial charge >= 0.3 is 0 Å². The van der Waals surface area contributed by atoms with Crippen molar-refractivity contribution in [3.63, 3.8) is 0 Å². The number of amides is 2. The highest BCUT2D eigenvalue weighted by Crippen LogP contribution is 2.32. The SMILES string of the molecule is Cc1nnc(S[C@@H](C)C(=O)Nc2ccc3nc(SCC(=O)NC(c4ccccc4)c4ccccc4)sc3c2)s1. The highest BCUT2D eigenvalue weighted by Gasteiger charge is 2.19. The van der Waals surface area contributed by atoms with Crippen LogP contribution in [0.5, 0.6) is 0 Å². The predicted octanol–water partition coefficient (Wildman–Crippen LogP) is 6.57. The van der Waals surface area contributed by atoms with Crippen molar-refractivity contribution >= 4 is 73.9 Å². The Morgan fingerprint density at radius 1 is 0.897 bits per heavy atom. The van der Waals surface area contributed by atoms with Crippen LogP contribution >= 0.6 is 46.2 Å². The molecular formula is C28H25N5O2S4. The number of benzene rings is 3. The summed E-state index contributed by atoms with van der Waals surface area (Å²) in [6.45, 7) is 3.74. The number of aryl methyl sites for hydroxylation is 1. The van der Waals surface area contributed by atoms with Crippen LogP contribution in [-0.4, -0.2) is 38.0 Å². The summed E-state index contributed by atoms with van der Waals surface area (Å²) in [5.74, 6) is 0.0794. The van der Waals surface area contributed by atoms with Crippen molar-refractivity contribution in [2.45, 2.75) is 33.8 Å². The lowest BCUT2D eigenvalue weighted by molar-refractivity contribution is -0.119. The van der Waals surface area contributed by atoms with Crippen molar-refractivity contribution in [2.24, 2.45) is 0 Å². The smallest absolute Gasteiger partial charge is 0.237 e. The number of thioether (sulfide) groups is 2. The highest BCUT2D eigenvalue weighted by molar-refractivity contribution is 8.02. The van der Waals surface area contributed by atoms with E-state index in [0.717, 1.165) is 35.0 Å². The van der Waals surface area contributed by atoms with E-state index in [-0.39, 0.29) is 28.9 Å². The zero-order valence-electron chi connectivity index (χ0n) is 21.2. The van der Waals surface area contributed by atoms with Crippen molar-refractivity contribution in [1.29, 1.82) is 0 Å². The molecule has 2 aromatic heterocycles. The maximum atomic E-state index is 12.9. The summed E-state index contributed by atoms with van der Waals surface area (Å²) >= 11 is 5.78. The van der Waals surface area contributed by atoms with Gasteiger partial charge in [0.05, 0.1) is 27.3 Å². The zero-order valence-corrected chi connectivity index (χ0v) is 24.4. The number of carbonyl (C=O) groups excluding carboxylic acids is 2. The molecule has 0 saturated carbocycles. The molecular weight excluding hydrogens is 567 g/mol. The summed E-state index contributed by atoms with van der Waals surface area (Å²) in [5.41, 5.74) is 3.60. The molecule has 39 heavy (non-hydrogen) atoms. The minimum absolute atomic E-state index is 0.0676. The van der Waals surface area contributed by atoms with Crippen molar-refractivity contribution in [1.82, 2.24) is 20.5 Å². The van der Waals surface area contributed by atoms with E-state index in [1.54, 1.807) is 0 Å². The fraction of sp³-hybridized carbons (Fsp3) is 0.179. The highest BCUT2D eigenvalue weighted by atomic mass is 32.2. The van der Waals surface area contributed by atoms with E-state index < -0.39 is 0 Å². The minimum atomic E-state index is -0.310. The largest absolute Gasteiger partial charge is 0.344 e. The van der Waals surface area contributed by atoms with Gasteiger partial charge in [0.15, 0.2) is 8.68 Å². The number of thiazole rings is 1. The molecule has 0 spiro atoms. The number of rotatable bonds is 10. The summed E-state index contributed by atoms with van der Waals surface area (Å²) in [5, 5.41) is 14.8. The van der Waals surface area contributed by atoms with Gasteiger partial charge in [0.1, 0.15) is 5.01 Å². The molecule has 2 amide bonds. The lowest BCUT2D eigenvalue weighted by Crippen LogP contribution is -2.30. The van der Waals surface area contributed by atoms with Crippen LogP contribution in [0.1, 0.15) is 29.1 Å². The molecule has 0 aliphatic carbocycles. The first-order valence-corrected chi connectivity index (χ1v) is 15.6. The number of carbonyl (C=O) groups is 2. The van der Waals surface area contributed by atoms with E-state index in [0.29, 0.717) is 5.69 Å². The third kappa shape index (κ3) is 7.24. The molecule has 5 rings (SSSR count). The van der Waals surface area contributed by atoms with E-state index in [1.807, 2.05) is 92.7 Å². The van der Waals surface area contributed by atoms with Gasteiger partial charge in [-0.1, -0.05) is 95.5 Å². The van der Waals surface area contributed by atoms with Gasteiger partial charge in [-0.3, -0.25) is 9.59 Å². The van der Waals surface area contributed by atoms with Crippen LogP contribution in [-0.2, 0) is 9.59 Å². The average molecular weight is 592 g/mol. The van der Waals surface area contributed by atoms with Crippen LogP contribution in [0.25, 0.3) is 10.2 Å². The molecule has 198 valence electrons.